The van der Waals surface area contributed by atoms with Crippen LogP contribution in [-0.2, 0) is 23.1 Å². The minimum atomic E-state index is -1.35. The minimum Gasteiger partial charge on any atom is -0.495 e. The van der Waals surface area contributed by atoms with Crippen molar-refractivity contribution in [3.8, 4) is 11.5 Å². The molecule has 0 radical (unpaired) electrons. The predicted octanol–water partition coefficient (Wildman–Crippen LogP) is 4.08. The zero-order valence-electron chi connectivity index (χ0n) is 17.3. The first-order chi connectivity index (χ1) is 15.1. The molecule has 1 aromatic heterocycles. The number of anilines is 2. The number of nitrogens with zero attached hydrogens (tertiary/aromatic N) is 1. The maximum atomic E-state index is 13.1. The Labute approximate surface area is 183 Å². The summed E-state index contributed by atoms with van der Waals surface area (Å²) in [5.41, 5.74) is 11.0. The van der Waals surface area contributed by atoms with E-state index in [-0.39, 0.29) is 5.75 Å². The summed E-state index contributed by atoms with van der Waals surface area (Å²) in [4.78, 5) is 7.62. The quantitative estimate of drug-likeness (QED) is 0.360. The van der Waals surface area contributed by atoms with Crippen LogP contribution in [0.25, 0.3) is 11.0 Å². The highest BCUT2D eigenvalue weighted by Crippen LogP contribution is 2.32. The molecule has 0 bridgehead atoms. The molecule has 4 aromatic rings. The number of nitrogen functional groups attached to an aromatic ring is 1. The molecule has 4 rings (SSSR count). The number of methoxy groups -OCH3 is 2. The maximum Gasteiger partial charge on any atom is 0.197 e. The van der Waals surface area contributed by atoms with Crippen LogP contribution >= 0.6 is 0 Å². The molecule has 160 valence electrons. The maximum absolute atomic E-state index is 13.1. The third-order valence-corrected chi connectivity index (χ3v) is 6.23. The Bertz CT molecular complexity index is 1210. The summed E-state index contributed by atoms with van der Waals surface area (Å²) in [6.07, 6.45) is 0. The van der Waals surface area contributed by atoms with E-state index in [0.717, 1.165) is 27.8 Å². The molecule has 0 saturated carbocycles. The van der Waals surface area contributed by atoms with Gasteiger partial charge in [0, 0.05) is 6.54 Å². The van der Waals surface area contributed by atoms with E-state index >= 15 is 0 Å². The zero-order valence-corrected chi connectivity index (χ0v) is 18.2. The second-order valence-electron chi connectivity index (χ2n) is 6.93. The molecule has 0 unspecified atom stereocenters. The number of aromatic nitrogens is 2. The number of hydrogen-bond donors (Lipinski definition) is 3. The molecular weight excluding hydrogens is 412 g/mol. The van der Waals surface area contributed by atoms with Gasteiger partial charge in [-0.1, -0.05) is 36.4 Å². The molecular formula is C23H24N4O3S. The molecule has 3 aromatic carbocycles. The van der Waals surface area contributed by atoms with E-state index in [1.54, 1.807) is 14.2 Å². The van der Waals surface area contributed by atoms with Crippen molar-refractivity contribution >= 4 is 33.2 Å². The molecule has 1 atom stereocenters. The molecule has 1 heterocycles. The predicted molar refractivity (Wildman–Crippen MR) is 124 cm³/mol. The first-order valence-corrected chi connectivity index (χ1v) is 11.1. The van der Waals surface area contributed by atoms with Gasteiger partial charge < -0.3 is 25.5 Å². The Morgan fingerprint density at radius 2 is 1.68 bits per heavy atom. The van der Waals surface area contributed by atoms with Crippen LogP contribution in [0, 0.1) is 0 Å². The highest BCUT2D eigenvalue weighted by molar-refractivity contribution is 7.84. The number of imidazole rings is 1. The van der Waals surface area contributed by atoms with Crippen molar-refractivity contribution in [2.45, 2.75) is 17.5 Å². The van der Waals surface area contributed by atoms with Gasteiger partial charge in [0.2, 0.25) is 0 Å². The third kappa shape index (κ3) is 4.34. The van der Waals surface area contributed by atoms with Crippen LogP contribution in [0.4, 0.5) is 11.4 Å². The number of aromatic amines is 1. The highest BCUT2D eigenvalue weighted by Gasteiger charge is 2.16. The van der Waals surface area contributed by atoms with Crippen molar-refractivity contribution in [1.82, 2.24) is 9.97 Å². The van der Waals surface area contributed by atoms with E-state index < -0.39 is 10.8 Å². The van der Waals surface area contributed by atoms with E-state index in [1.807, 2.05) is 60.7 Å². The Morgan fingerprint density at radius 1 is 0.968 bits per heavy atom. The van der Waals surface area contributed by atoms with E-state index in [9.17, 15) is 4.21 Å². The van der Waals surface area contributed by atoms with Gasteiger partial charge in [0.15, 0.2) is 5.16 Å². The largest absolute Gasteiger partial charge is 0.495 e. The zero-order chi connectivity index (χ0) is 21.8. The second-order valence-corrected chi connectivity index (χ2v) is 8.30. The topological polar surface area (TPSA) is 102 Å². The standard InChI is InChI=1S/C23H24N4O3S/c1-29-19-11-5-7-15(21(19)24)13-25-22-16(8-6-12-20(22)30-2)14-31(28)23-26-17-9-3-4-10-18(17)27-23/h3-12,25H,13-14,24H2,1-2H3,(H,26,27)/t31-/m1/s1. The normalized spacial score (nSPS) is 11.9. The number of hydrogen-bond acceptors (Lipinski definition) is 6. The lowest BCUT2D eigenvalue weighted by atomic mass is 10.1. The molecule has 31 heavy (non-hydrogen) atoms. The number of H-pyrrole nitrogens is 1. The van der Waals surface area contributed by atoms with Gasteiger partial charge in [-0.3, -0.25) is 4.21 Å². The highest BCUT2D eigenvalue weighted by atomic mass is 32.2. The summed E-state index contributed by atoms with van der Waals surface area (Å²) in [5.74, 6) is 1.58. The molecule has 0 saturated heterocycles. The lowest BCUT2D eigenvalue weighted by Crippen LogP contribution is -2.09. The molecule has 8 heteroatoms. The average Bonchev–Trinajstić information content (AvgIpc) is 3.23. The molecule has 0 aliphatic heterocycles. The molecule has 0 spiro atoms. The third-order valence-electron chi connectivity index (χ3n) is 5.03. The van der Waals surface area contributed by atoms with Gasteiger partial charge in [-0.25, -0.2) is 4.98 Å². The fourth-order valence-corrected chi connectivity index (χ4v) is 4.50. The van der Waals surface area contributed by atoms with Crippen molar-refractivity contribution in [2.24, 2.45) is 0 Å². The Morgan fingerprint density at radius 3 is 2.42 bits per heavy atom. The number of benzene rings is 3. The molecule has 7 nitrogen and oxygen atoms in total. The van der Waals surface area contributed by atoms with E-state index in [1.165, 1.54) is 0 Å². The van der Waals surface area contributed by atoms with Crippen molar-refractivity contribution in [1.29, 1.82) is 0 Å². The first-order valence-electron chi connectivity index (χ1n) is 9.75. The fraction of sp³-hybridized carbons (Fsp3) is 0.174. The van der Waals surface area contributed by atoms with Crippen molar-refractivity contribution in [3.05, 3.63) is 71.8 Å². The second kappa shape index (κ2) is 9.09. The lowest BCUT2D eigenvalue weighted by Gasteiger charge is -2.17. The minimum absolute atomic E-state index is 0.285. The van der Waals surface area contributed by atoms with Crippen LogP contribution in [0.15, 0.2) is 65.8 Å². The molecule has 0 fully saturated rings. The average molecular weight is 437 g/mol. The smallest absolute Gasteiger partial charge is 0.197 e. The number of nitrogens with one attached hydrogen (secondary N) is 2. The van der Waals surface area contributed by atoms with Crippen LogP contribution in [0.1, 0.15) is 11.1 Å². The Hall–Kier alpha value is -3.52. The van der Waals surface area contributed by atoms with Gasteiger partial charge in [0.05, 0.1) is 53.2 Å². The Balaban J connectivity index is 1.59. The van der Waals surface area contributed by atoms with Gasteiger partial charge in [-0.05, 0) is 35.4 Å². The van der Waals surface area contributed by atoms with Gasteiger partial charge >= 0.3 is 0 Å². The Kier molecular flexibility index (Phi) is 6.08. The number of para-hydroxylation sites is 4. The summed E-state index contributed by atoms with van der Waals surface area (Å²) in [6, 6.07) is 19.0. The summed E-state index contributed by atoms with van der Waals surface area (Å²) in [7, 11) is 1.85. The summed E-state index contributed by atoms with van der Waals surface area (Å²) in [5, 5.41) is 3.85. The van der Waals surface area contributed by atoms with Crippen molar-refractivity contribution < 1.29 is 13.7 Å². The van der Waals surface area contributed by atoms with Crippen molar-refractivity contribution in [2.75, 3.05) is 25.3 Å². The van der Waals surface area contributed by atoms with Gasteiger partial charge in [-0.15, -0.1) is 0 Å². The van der Waals surface area contributed by atoms with E-state index in [4.69, 9.17) is 15.2 Å². The van der Waals surface area contributed by atoms with E-state index in [2.05, 4.69) is 15.3 Å². The fourth-order valence-electron chi connectivity index (χ4n) is 3.42. The number of ether oxygens (including phenoxy) is 2. The van der Waals surface area contributed by atoms with Crippen LogP contribution in [0.2, 0.25) is 0 Å². The molecule has 0 aliphatic carbocycles. The van der Waals surface area contributed by atoms with Gasteiger partial charge in [0.1, 0.15) is 11.5 Å². The molecule has 0 aliphatic rings. The van der Waals surface area contributed by atoms with Gasteiger partial charge in [-0.2, -0.15) is 0 Å². The SMILES string of the molecule is COc1cccc(CNc2c(C[S@@](=O)c3nc4ccccc4[nH]3)cccc2OC)c1N. The first kappa shape index (κ1) is 20.7. The van der Waals surface area contributed by atoms with Crippen LogP contribution in [0.5, 0.6) is 11.5 Å². The van der Waals surface area contributed by atoms with E-state index in [0.29, 0.717) is 28.9 Å². The lowest BCUT2D eigenvalue weighted by molar-refractivity contribution is 0.416. The molecule has 0 amide bonds. The monoisotopic (exact) mass is 436 g/mol. The summed E-state index contributed by atoms with van der Waals surface area (Å²) in [6.45, 7) is 0.466. The van der Waals surface area contributed by atoms with Crippen LogP contribution < -0.4 is 20.5 Å². The summed E-state index contributed by atoms with van der Waals surface area (Å²) >= 11 is 0. The number of fused-ring (bicyclic) bond motifs is 1. The number of nitrogens with two attached hydrogens (primary N) is 1. The van der Waals surface area contributed by atoms with Crippen LogP contribution in [-0.4, -0.2) is 28.4 Å². The summed E-state index contributed by atoms with van der Waals surface area (Å²) < 4.78 is 23.9. The number of rotatable bonds is 8. The van der Waals surface area contributed by atoms with Crippen LogP contribution in [0.3, 0.4) is 0 Å². The van der Waals surface area contributed by atoms with Gasteiger partial charge in [0.25, 0.3) is 0 Å². The van der Waals surface area contributed by atoms with Crippen molar-refractivity contribution in [3.63, 3.8) is 0 Å². The molecule has 4 N–H and O–H groups in total.